The normalized spacial score (nSPS) is 14.0. The van der Waals surface area contributed by atoms with Gasteiger partial charge in [0.1, 0.15) is 5.57 Å². The molecule has 1 aromatic rings. The molecule has 1 aromatic heterocycles. The number of amides is 4. The Hall–Kier alpha value is -2.43. The minimum absolute atomic E-state index is 0. The van der Waals surface area contributed by atoms with E-state index in [0.29, 0.717) is 25.7 Å². The molecule has 0 saturated carbocycles. The number of aromatic nitrogens is 2. The van der Waals surface area contributed by atoms with Crippen molar-refractivity contribution < 1.29 is 49.0 Å². The van der Waals surface area contributed by atoms with Crippen LogP contribution in [0.3, 0.4) is 0 Å². The van der Waals surface area contributed by atoms with Gasteiger partial charge in [0, 0.05) is 31.7 Å². The van der Waals surface area contributed by atoms with E-state index >= 15 is 0 Å². The average molecular weight is 539 g/mol. The molecule has 0 aliphatic carbocycles. The van der Waals surface area contributed by atoms with Crippen LogP contribution >= 0.6 is 0 Å². The van der Waals surface area contributed by atoms with Crippen LogP contribution in [0, 0.1) is 0 Å². The van der Waals surface area contributed by atoms with Gasteiger partial charge in [0.25, 0.3) is 17.4 Å². The van der Waals surface area contributed by atoms with Crippen molar-refractivity contribution in [1.29, 1.82) is 0 Å². The SMILES string of the molecule is CCCCN1C(=O)C(=C/C=C/c2c([O-])n(CCCC)c(=O)n(CCCC)c2=O)C(=O)N(CCCC)C1=O.[Na+]. The van der Waals surface area contributed by atoms with E-state index in [-0.39, 0.29) is 66.9 Å². The van der Waals surface area contributed by atoms with Crippen molar-refractivity contribution >= 4 is 23.9 Å². The van der Waals surface area contributed by atoms with Crippen molar-refractivity contribution in [2.75, 3.05) is 13.1 Å². The second-order valence-electron chi connectivity index (χ2n) is 9.16. The zero-order valence-corrected chi connectivity index (χ0v) is 25.5. The quantitative estimate of drug-likeness (QED) is 0.187. The molecule has 38 heavy (non-hydrogen) atoms. The monoisotopic (exact) mass is 538 g/mol. The molecular formula is C27H39N4NaO6. The molecule has 4 amide bonds. The molecule has 1 aliphatic rings. The van der Waals surface area contributed by atoms with Gasteiger partial charge in [-0.3, -0.25) is 28.8 Å². The fraction of sp³-hybridized carbons (Fsp3) is 0.593. The maximum atomic E-state index is 13.0. The van der Waals surface area contributed by atoms with Gasteiger partial charge >= 0.3 is 41.3 Å². The first-order chi connectivity index (χ1) is 17.7. The van der Waals surface area contributed by atoms with Gasteiger partial charge in [0.2, 0.25) is 0 Å². The summed E-state index contributed by atoms with van der Waals surface area (Å²) in [5, 5.41) is 13.0. The van der Waals surface area contributed by atoms with E-state index in [9.17, 15) is 29.1 Å². The second kappa shape index (κ2) is 16.5. The Labute approximate surface area is 246 Å². The minimum Gasteiger partial charge on any atom is -0.859 e. The predicted molar refractivity (Wildman–Crippen MR) is 140 cm³/mol. The van der Waals surface area contributed by atoms with Crippen molar-refractivity contribution in [2.24, 2.45) is 0 Å². The van der Waals surface area contributed by atoms with Crippen LogP contribution in [0.4, 0.5) is 4.79 Å². The minimum atomic E-state index is -0.698. The third kappa shape index (κ3) is 7.80. The number of carbonyl (C=O) groups is 3. The van der Waals surface area contributed by atoms with Crippen LogP contribution in [0.1, 0.15) is 84.6 Å². The summed E-state index contributed by atoms with van der Waals surface area (Å²) >= 11 is 0. The van der Waals surface area contributed by atoms with Crippen molar-refractivity contribution in [3.05, 3.63) is 44.1 Å². The van der Waals surface area contributed by atoms with Crippen molar-refractivity contribution in [1.82, 2.24) is 18.9 Å². The molecule has 204 valence electrons. The topological polar surface area (TPSA) is 125 Å². The number of rotatable bonds is 14. The summed E-state index contributed by atoms with van der Waals surface area (Å²) in [6.07, 6.45) is 9.27. The maximum Gasteiger partial charge on any atom is 1.00 e. The summed E-state index contributed by atoms with van der Waals surface area (Å²) in [5.74, 6) is -2.09. The third-order valence-electron chi connectivity index (χ3n) is 6.29. The molecule has 0 spiro atoms. The molecular weight excluding hydrogens is 499 g/mol. The molecule has 2 rings (SSSR count). The number of unbranched alkanes of at least 4 members (excludes halogenated alkanes) is 4. The van der Waals surface area contributed by atoms with E-state index in [1.54, 1.807) is 0 Å². The van der Waals surface area contributed by atoms with Gasteiger partial charge in [-0.2, -0.15) is 0 Å². The van der Waals surface area contributed by atoms with Gasteiger partial charge in [-0.15, -0.1) is 0 Å². The molecule has 1 fully saturated rings. The number of urea groups is 1. The van der Waals surface area contributed by atoms with E-state index in [2.05, 4.69) is 0 Å². The van der Waals surface area contributed by atoms with Gasteiger partial charge in [-0.05, 0) is 43.7 Å². The fourth-order valence-electron chi connectivity index (χ4n) is 3.98. The first kappa shape index (κ1) is 33.6. The molecule has 1 saturated heterocycles. The maximum absolute atomic E-state index is 13.0. The van der Waals surface area contributed by atoms with E-state index in [0.717, 1.165) is 44.6 Å². The van der Waals surface area contributed by atoms with E-state index < -0.39 is 35.0 Å². The summed E-state index contributed by atoms with van der Waals surface area (Å²) in [6.45, 7) is 8.53. The molecule has 0 unspecified atom stereocenters. The van der Waals surface area contributed by atoms with Gasteiger partial charge < -0.3 is 9.67 Å². The summed E-state index contributed by atoms with van der Waals surface area (Å²) in [7, 11) is 0. The Kier molecular flexibility index (Phi) is 14.6. The Balaban J connectivity index is 0.00000722. The molecule has 0 N–H and O–H groups in total. The van der Waals surface area contributed by atoms with Crippen molar-refractivity contribution in [3.63, 3.8) is 0 Å². The number of hydrogen-bond acceptors (Lipinski definition) is 6. The Morgan fingerprint density at radius 2 is 1.13 bits per heavy atom. The largest absolute Gasteiger partial charge is 1.00 e. The van der Waals surface area contributed by atoms with Gasteiger partial charge in [0.15, 0.2) is 0 Å². The zero-order valence-electron chi connectivity index (χ0n) is 23.5. The smallest absolute Gasteiger partial charge is 0.859 e. The molecule has 0 bridgehead atoms. The fourth-order valence-corrected chi connectivity index (χ4v) is 3.98. The van der Waals surface area contributed by atoms with Crippen LogP contribution < -0.4 is 45.9 Å². The standard InChI is InChI=1S/C27H40N4O6.Na/c1-5-9-16-28-22(32)20(23(33)29(26(28)36)17-10-6-2)14-13-15-21-24(34)30(18-11-7-3)27(37)31(25(21)35)19-12-8-4;/h13-15,32H,5-12,16-19H2,1-4H3;/q;+1/p-1/b14-13+;. The summed E-state index contributed by atoms with van der Waals surface area (Å²) in [6, 6.07) is -0.623. The van der Waals surface area contributed by atoms with Crippen molar-refractivity contribution in [2.45, 2.75) is 92.2 Å². The second-order valence-corrected chi connectivity index (χ2v) is 9.16. The third-order valence-corrected chi connectivity index (χ3v) is 6.29. The van der Waals surface area contributed by atoms with Gasteiger partial charge in [-0.1, -0.05) is 59.5 Å². The number of allylic oxidation sites excluding steroid dienone is 2. The number of imide groups is 2. The van der Waals surface area contributed by atoms with E-state index in [4.69, 9.17) is 0 Å². The number of carbonyl (C=O) groups excluding carboxylic acids is 3. The molecule has 0 radical (unpaired) electrons. The van der Waals surface area contributed by atoms with Crippen LogP contribution in [0.2, 0.25) is 0 Å². The van der Waals surface area contributed by atoms with Crippen LogP contribution in [0.5, 0.6) is 5.88 Å². The number of barbiturate groups is 1. The predicted octanol–water partition coefficient (Wildman–Crippen LogP) is 0.0184. The van der Waals surface area contributed by atoms with Crippen LogP contribution in [-0.4, -0.2) is 49.9 Å². The zero-order chi connectivity index (χ0) is 27.5. The molecule has 10 nitrogen and oxygen atoms in total. The average Bonchev–Trinajstić information content (AvgIpc) is 2.87. The van der Waals surface area contributed by atoms with Gasteiger partial charge in [-0.25, -0.2) is 9.59 Å². The van der Waals surface area contributed by atoms with E-state index in [1.807, 2.05) is 27.7 Å². The van der Waals surface area contributed by atoms with Gasteiger partial charge in [0.05, 0.1) is 0 Å². The Morgan fingerprint density at radius 1 is 0.684 bits per heavy atom. The summed E-state index contributed by atoms with van der Waals surface area (Å²) in [4.78, 5) is 66.8. The summed E-state index contributed by atoms with van der Waals surface area (Å²) in [5.41, 5.74) is -1.74. The molecule has 2 heterocycles. The van der Waals surface area contributed by atoms with Crippen molar-refractivity contribution in [3.8, 4) is 5.88 Å². The number of nitrogens with zero attached hydrogens (tertiary/aromatic N) is 4. The Bertz CT molecular complexity index is 1140. The first-order valence-corrected chi connectivity index (χ1v) is 13.4. The molecule has 0 aromatic carbocycles. The first-order valence-electron chi connectivity index (χ1n) is 13.4. The number of hydrogen-bond donors (Lipinski definition) is 0. The molecule has 1 aliphatic heterocycles. The molecule has 11 heteroatoms. The van der Waals surface area contributed by atoms with E-state index in [1.165, 1.54) is 18.2 Å². The van der Waals surface area contributed by atoms with Crippen LogP contribution in [-0.2, 0) is 22.7 Å². The molecule has 0 atom stereocenters. The Morgan fingerprint density at radius 3 is 1.61 bits per heavy atom. The van der Waals surface area contributed by atoms with Crippen LogP contribution in [0.25, 0.3) is 6.08 Å². The van der Waals surface area contributed by atoms with Crippen LogP contribution in [0.15, 0.2) is 27.3 Å². The summed E-state index contributed by atoms with van der Waals surface area (Å²) < 4.78 is 2.14.